The third-order valence-electron chi connectivity index (χ3n) is 3.36. The molecular weight excluding hydrogens is 383 g/mol. The Morgan fingerprint density at radius 2 is 1.92 bits per heavy atom. The molecule has 0 unspecified atom stereocenters. The third kappa shape index (κ3) is 5.63. The van der Waals surface area contributed by atoms with E-state index in [1.54, 1.807) is 18.8 Å². The molecule has 5 nitrogen and oxygen atoms in total. The zero-order valence-electron chi connectivity index (χ0n) is 13.7. The van der Waals surface area contributed by atoms with Gasteiger partial charge in [-0.05, 0) is 30.0 Å². The summed E-state index contributed by atoms with van der Waals surface area (Å²) in [7, 11) is 1.65. The molecule has 0 atom stereocenters. The Morgan fingerprint density at radius 3 is 2.52 bits per heavy atom. The van der Waals surface area contributed by atoms with E-state index < -0.39 is 5.97 Å². The number of pyridine rings is 1. The normalized spacial score (nSPS) is 10.4. The number of halogens is 2. The smallest absolute Gasteiger partial charge is 0.340 e. The van der Waals surface area contributed by atoms with E-state index in [2.05, 4.69) is 4.98 Å². The lowest BCUT2D eigenvalue weighted by atomic mass is 10.2. The summed E-state index contributed by atoms with van der Waals surface area (Å²) in [5.41, 5.74) is 1.13. The number of aromatic nitrogens is 1. The van der Waals surface area contributed by atoms with Gasteiger partial charge in [-0.1, -0.05) is 35.3 Å². The van der Waals surface area contributed by atoms with E-state index in [1.807, 2.05) is 30.5 Å². The Balaban J connectivity index is 1.87. The minimum atomic E-state index is -0.683. The number of carbonyl (C=O) groups excluding carboxylic acids is 2. The minimum Gasteiger partial charge on any atom is -0.452 e. The second kappa shape index (κ2) is 9.08. The lowest BCUT2D eigenvalue weighted by Gasteiger charge is -2.17. The van der Waals surface area contributed by atoms with Gasteiger partial charge in [0.15, 0.2) is 6.61 Å². The van der Waals surface area contributed by atoms with E-state index >= 15 is 0 Å². The molecule has 1 aromatic heterocycles. The predicted octanol–water partition coefficient (Wildman–Crippen LogP) is 3.93. The number of likely N-dealkylation sites (N-methyl/N-ethyl adjacent to an activating group) is 1. The van der Waals surface area contributed by atoms with Gasteiger partial charge >= 0.3 is 5.97 Å². The van der Waals surface area contributed by atoms with Crippen LogP contribution in [0, 0.1) is 0 Å². The zero-order valence-corrected chi connectivity index (χ0v) is 16.0. The minimum absolute atomic E-state index is 0.0986. The first-order chi connectivity index (χ1) is 11.9. The van der Waals surface area contributed by atoms with Gasteiger partial charge in [-0.3, -0.25) is 4.79 Å². The van der Waals surface area contributed by atoms with E-state index in [0.717, 1.165) is 10.5 Å². The summed E-state index contributed by atoms with van der Waals surface area (Å²) in [5, 5.41) is 0.245. The van der Waals surface area contributed by atoms with Crippen molar-refractivity contribution in [2.45, 2.75) is 11.4 Å². The summed E-state index contributed by atoms with van der Waals surface area (Å²) in [6, 6.07) is 9.26. The Kier molecular flexibility index (Phi) is 7.11. The van der Waals surface area contributed by atoms with Crippen molar-refractivity contribution in [1.29, 1.82) is 0 Å². The molecule has 0 N–H and O–H groups in total. The number of amides is 1. The second-order valence-electron chi connectivity index (χ2n) is 5.17. The number of ether oxygens (including phenoxy) is 1. The van der Waals surface area contributed by atoms with E-state index in [4.69, 9.17) is 27.9 Å². The summed E-state index contributed by atoms with van der Waals surface area (Å²) in [5.74, 6) is -0.993. The van der Waals surface area contributed by atoms with Crippen LogP contribution in [0.4, 0.5) is 0 Å². The number of carbonyl (C=O) groups is 2. The molecule has 1 aromatic carbocycles. The molecule has 25 heavy (non-hydrogen) atoms. The van der Waals surface area contributed by atoms with Crippen molar-refractivity contribution in [2.75, 3.05) is 19.9 Å². The molecule has 0 fully saturated rings. The van der Waals surface area contributed by atoms with Gasteiger partial charge < -0.3 is 9.64 Å². The summed E-state index contributed by atoms with van der Waals surface area (Å²) in [4.78, 5) is 30.5. The highest BCUT2D eigenvalue weighted by Crippen LogP contribution is 2.20. The fourth-order valence-corrected chi connectivity index (χ4v) is 2.62. The van der Waals surface area contributed by atoms with Gasteiger partial charge in [0.05, 0.1) is 10.6 Å². The number of hydrogen-bond donors (Lipinski definition) is 0. The van der Waals surface area contributed by atoms with Crippen LogP contribution in [-0.4, -0.2) is 41.7 Å². The van der Waals surface area contributed by atoms with Gasteiger partial charge in [-0.25, -0.2) is 9.78 Å². The number of rotatable bonds is 6. The molecule has 132 valence electrons. The largest absolute Gasteiger partial charge is 0.452 e. The summed E-state index contributed by atoms with van der Waals surface area (Å²) >= 11 is 13.2. The molecular formula is C17H16Cl2N2O3S. The molecule has 0 aliphatic rings. The van der Waals surface area contributed by atoms with Crippen LogP contribution in [0.5, 0.6) is 0 Å². The maximum Gasteiger partial charge on any atom is 0.340 e. The summed E-state index contributed by atoms with van der Waals surface area (Å²) in [6.45, 7) is 0.0673. The van der Waals surface area contributed by atoms with Gasteiger partial charge in [0.25, 0.3) is 5.91 Å². The highest BCUT2D eigenvalue weighted by atomic mass is 35.5. The maximum absolute atomic E-state index is 12.1. The first kappa shape index (κ1) is 19.6. The van der Waals surface area contributed by atoms with Crippen molar-refractivity contribution >= 4 is 46.8 Å². The highest BCUT2D eigenvalue weighted by molar-refractivity contribution is 7.98. The molecule has 0 saturated heterocycles. The Bertz CT molecular complexity index is 769. The average Bonchev–Trinajstić information content (AvgIpc) is 2.62. The molecule has 0 saturated carbocycles. The lowest BCUT2D eigenvalue weighted by molar-refractivity contribution is -0.133. The van der Waals surface area contributed by atoms with Crippen molar-refractivity contribution in [1.82, 2.24) is 9.88 Å². The van der Waals surface area contributed by atoms with Gasteiger partial charge in [-0.2, -0.15) is 0 Å². The van der Waals surface area contributed by atoms with Crippen molar-refractivity contribution in [2.24, 2.45) is 0 Å². The average molecular weight is 399 g/mol. The van der Waals surface area contributed by atoms with Crippen LogP contribution in [-0.2, 0) is 16.1 Å². The predicted molar refractivity (Wildman–Crippen MR) is 99.2 cm³/mol. The van der Waals surface area contributed by atoms with Crippen molar-refractivity contribution < 1.29 is 14.3 Å². The zero-order chi connectivity index (χ0) is 18.4. The second-order valence-corrected chi connectivity index (χ2v) is 6.82. The molecule has 1 amide bonds. The Labute approximate surface area is 160 Å². The lowest BCUT2D eigenvalue weighted by Crippen LogP contribution is -2.30. The molecule has 0 aliphatic carbocycles. The van der Waals surface area contributed by atoms with E-state index in [9.17, 15) is 9.59 Å². The quantitative estimate of drug-likeness (QED) is 0.419. The summed E-state index contributed by atoms with van der Waals surface area (Å²) in [6.07, 6.45) is 3.25. The third-order valence-corrected chi connectivity index (χ3v) is 4.79. The van der Waals surface area contributed by atoms with Crippen LogP contribution in [0.3, 0.4) is 0 Å². The molecule has 2 rings (SSSR count). The Hall–Kier alpha value is -1.76. The number of nitrogens with zero attached hydrogens (tertiary/aromatic N) is 2. The van der Waals surface area contributed by atoms with Crippen LogP contribution in [0.25, 0.3) is 0 Å². The van der Waals surface area contributed by atoms with E-state index in [-0.39, 0.29) is 28.3 Å². The van der Waals surface area contributed by atoms with Crippen LogP contribution in [0.2, 0.25) is 10.2 Å². The Morgan fingerprint density at radius 1 is 1.24 bits per heavy atom. The van der Waals surface area contributed by atoms with E-state index in [0.29, 0.717) is 6.54 Å². The van der Waals surface area contributed by atoms with Crippen LogP contribution in [0.1, 0.15) is 15.9 Å². The monoisotopic (exact) mass is 398 g/mol. The first-order valence-electron chi connectivity index (χ1n) is 7.25. The molecule has 1 heterocycles. The van der Waals surface area contributed by atoms with Gasteiger partial charge in [0.2, 0.25) is 0 Å². The van der Waals surface area contributed by atoms with Gasteiger partial charge in [-0.15, -0.1) is 11.8 Å². The fourth-order valence-electron chi connectivity index (χ4n) is 1.95. The van der Waals surface area contributed by atoms with Crippen molar-refractivity contribution in [3.05, 3.63) is 57.8 Å². The van der Waals surface area contributed by atoms with E-state index in [1.165, 1.54) is 17.2 Å². The maximum atomic E-state index is 12.1. The van der Waals surface area contributed by atoms with Crippen LogP contribution in [0.15, 0.2) is 41.4 Å². The molecule has 0 spiro atoms. The fraction of sp³-hybridized carbons (Fsp3) is 0.235. The number of hydrogen-bond acceptors (Lipinski definition) is 5. The molecule has 0 aliphatic heterocycles. The molecule has 2 aromatic rings. The molecule has 0 bridgehead atoms. The SMILES string of the molecule is CSc1ccc(CN(C)C(=O)COC(=O)c2cnc(Cl)c(Cl)c2)cc1. The summed E-state index contributed by atoms with van der Waals surface area (Å²) < 4.78 is 5.00. The molecule has 8 heteroatoms. The van der Waals surface area contributed by atoms with Gasteiger partial charge in [0.1, 0.15) is 5.15 Å². The first-order valence-corrected chi connectivity index (χ1v) is 9.24. The topological polar surface area (TPSA) is 59.5 Å². The van der Waals surface area contributed by atoms with Gasteiger partial charge in [0, 0.05) is 24.7 Å². The van der Waals surface area contributed by atoms with Crippen molar-refractivity contribution in [3.8, 4) is 0 Å². The highest BCUT2D eigenvalue weighted by Gasteiger charge is 2.15. The van der Waals surface area contributed by atoms with Crippen molar-refractivity contribution in [3.63, 3.8) is 0 Å². The molecule has 0 radical (unpaired) electrons. The number of benzene rings is 1. The standard InChI is InChI=1S/C17H16Cl2N2O3S/c1-21(9-11-3-5-13(25-2)6-4-11)15(22)10-24-17(23)12-7-14(18)16(19)20-8-12/h3-8H,9-10H2,1-2H3. The number of esters is 1. The number of thioether (sulfide) groups is 1. The van der Waals surface area contributed by atoms with Crippen LogP contribution < -0.4 is 0 Å². The van der Waals surface area contributed by atoms with Crippen LogP contribution >= 0.6 is 35.0 Å².